The van der Waals surface area contributed by atoms with Gasteiger partial charge in [0.1, 0.15) is 0 Å². The fraction of sp³-hybridized carbons (Fsp3) is 0.483. The van der Waals surface area contributed by atoms with Gasteiger partial charge in [-0.25, -0.2) is 0 Å². The minimum Gasteiger partial charge on any atom is -0.361 e. The number of carbonyl (C=O) groups is 1. The van der Waals surface area contributed by atoms with Crippen LogP contribution in [-0.2, 0) is 11.2 Å². The van der Waals surface area contributed by atoms with E-state index in [1.807, 2.05) is 29.2 Å². The number of carbonyl (C=O) groups excluding carboxylic acids is 1. The number of aromatic nitrogens is 1. The summed E-state index contributed by atoms with van der Waals surface area (Å²) in [5, 5.41) is 2.03. The number of anilines is 1. The monoisotopic (exact) mass is 494 g/mol. The quantitative estimate of drug-likeness (QED) is 0.356. The Labute approximate surface area is 215 Å². The van der Waals surface area contributed by atoms with Gasteiger partial charge in [0.25, 0.3) is 0 Å². The van der Waals surface area contributed by atoms with Crippen LogP contribution in [0.1, 0.15) is 45.1 Å². The number of fused-ring (bicyclic) bond motifs is 1. The van der Waals surface area contributed by atoms with Gasteiger partial charge in [-0.05, 0) is 68.1 Å². The van der Waals surface area contributed by atoms with Crippen molar-refractivity contribution in [3.05, 3.63) is 65.3 Å². The second-order valence-electron chi connectivity index (χ2n) is 9.61. The Morgan fingerprint density at radius 1 is 1.00 bits per heavy atom. The predicted octanol–water partition coefficient (Wildman–Crippen LogP) is 5.98. The molecular weight excluding hydrogens is 456 g/mol. The lowest BCUT2D eigenvalue weighted by molar-refractivity contribution is -0.119. The highest BCUT2D eigenvalue weighted by atomic mass is 35.5. The summed E-state index contributed by atoms with van der Waals surface area (Å²) in [6, 6.07) is 16.5. The van der Waals surface area contributed by atoms with Gasteiger partial charge in [0.05, 0.1) is 0 Å². The Morgan fingerprint density at radius 3 is 2.37 bits per heavy atom. The SMILES string of the molecule is CCC(CC)N(C(=O)CCN1CCN(CCCc2c[nH]c3ccc(Cl)cc23)CC1)c1ccccc1. The molecule has 2 heterocycles. The number of nitrogens with zero attached hydrogens (tertiary/aromatic N) is 3. The molecule has 0 aliphatic carbocycles. The first-order valence-corrected chi connectivity index (χ1v) is 13.5. The van der Waals surface area contributed by atoms with Crippen molar-refractivity contribution in [2.75, 3.05) is 44.2 Å². The first kappa shape index (κ1) is 25.7. The van der Waals surface area contributed by atoms with Crippen molar-refractivity contribution >= 4 is 34.1 Å². The lowest BCUT2D eigenvalue weighted by Crippen LogP contribution is -2.48. The van der Waals surface area contributed by atoms with E-state index < -0.39 is 0 Å². The maximum Gasteiger partial charge on any atom is 0.228 e. The van der Waals surface area contributed by atoms with Gasteiger partial charge < -0.3 is 19.7 Å². The number of benzene rings is 2. The van der Waals surface area contributed by atoms with E-state index in [1.54, 1.807) is 0 Å². The van der Waals surface area contributed by atoms with Crippen LogP contribution in [0.3, 0.4) is 0 Å². The topological polar surface area (TPSA) is 42.6 Å². The first-order valence-electron chi connectivity index (χ1n) is 13.2. The van der Waals surface area contributed by atoms with Crippen LogP contribution in [0.15, 0.2) is 54.7 Å². The van der Waals surface area contributed by atoms with Crippen LogP contribution in [0, 0.1) is 0 Å². The molecule has 0 saturated carbocycles. The van der Waals surface area contributed by atoms with Crippen LogP contribution in [0.4, 0.5) is 5.69 Å². The summed E-state index contributed by atoms with van der Waals surface area (Å²) >= 11 is 6.19. The number of H-pyrrole nitrogens is 1. The molecule has 1 aliphatic rings. The number of aryl methyl sites for hydroxylation is 1. The molecular formula is C29H39ClN4O. The zero-order valence-corrected chi connectivity index (χ0v) is 21.9. The number of halogens is 1. The lowest BCUT2D eigenvalue weighted by atomic mass is 10.1. The van der Waals surface area contributed by atoms with Crippen molar-refractivity contribution < 1.29 is 4.79 Å². The second kappa shape index (κ2) is 12.6. The van der Waals surface area contributed by atoms with E-state index >= 15 is 0 Å². The van der Waals surface area contributed by atoms with Gasteiger partial charge in [0.15, 0.2) is 0 Å². The maximum atomic E-state index is 13.3. The van der Waals surface area contributed by atoms with Gasteiger partial charge in [0, 0.05) is 73.0 Å². The fourth-order valence-electron chi connectivity index (χ4n) is 5.26. The molecule has 1 amide bonds. The number of rotatable bonds is 11. The van der Waals surface area contributed by atoms with E-state index in [4.69, 9.17) is 11.6 Å². The summed E-state index contributed by atoms with van der Waals surface area (Å²) in [6.07, 6.45) is 6.84. The number of nitrogens with one attached hydrogen (secondary N) is 1. The third-order valence-electron chi connectivity index (χ3n) is 7.37. The predicted molar refractivity (Wildman–Crippen MR) is 147 cm³/mol. The molecule has 2 aromatic carbocycles. The summed E-state index contributed by atoms with van der Waals surface area (Å²) < 4.78 is 0. The number of hydrogen-bond acceptors (Lipinski definition) is 3. The molecule has 0 bridgehead atoms. The minimum atomic E-state index is 0.242. The summed E-state index contributed by atoms with van der Waals surface area (Å²) in [6.45, 7) is 10.5. The van der Waals surface area contributed by atoms with Gasteiger partial charge in [0.2, 0.25) is 5.91 Å². The number of piperazine rings is 1. The minimum absolute atomic E-state index is 0.242. The smallest absolute Gasteiger partial charge is 0.228 e. The lowest BCUT2D eigenvalue weighted by Gasteiger charge is -2.35. The Balaban J connectivity index is 1.21. The fourth-order valence-corrected chi connectivity index (χ4v) is 5.43. The molecule has 0 unspecified atom stereocenters. The van der Waals surface area contributed by atoms with Gasteiger partial charge >= 0.3 is 0 Å². The highest BCUT2D eigenvalue weighted by Gasteiger charge is 2.24. The van der Waals surface area contributed by atoms with Gasteiger partial charge in [-0.1, -0.05) is 43.6 Å². The summed E-state index contributed by atoms with van der Waals surface area (Å²) in [5.74, 6) is 0.242. The molecule has 188 valence electrons. The van der Waals surface area contributed by atoms with Crippen LogP contribution in [-0.4, -0.2) is 66.0 Å². The number of hydrogen-bond donors (Lipinski definition) is 1. The van der Waals surface area contributed by atoms with Crippen LogP contribution in [0.25, 0.3) is 10.9 Å². The van der Waals surface area contributed by atoms with Crippen LogP contribution >= 0.6 is 11.6 Å². The Hall–Kier alpha value is -2.34. The van der Waals surface area contributed by atoms with Crippen LogP contribution in [0.2, 0.25) is 5.02 Å². The maximum absolute atomic E-state index is 13.3. The molecule has 4 rings (SSSR count). The normalized spacial score (nSPS) is 15.2. The summed E-state index contributed by atoms with van der Waals surface area (Å²) in [4.78, 5) is 23.7. The highest BCUT2D eigenvalue weighted by molar-refractivity contribution is 6.31. The van der Waals surface area contributed by atoms with E-state index in [2.05, 4.69) is 59.1 Å². The molecule has 3 aromatic rings. The third kappa shape index (κ3) is 6.66. The van der Waals surface area contributed by atoms with E-state index in [-0.39, 0.29) is 11.9 Å². The Bertz CT molecular complexity index is 1070. The van der Waals surface area contributed by atoms with Crippen molar-refractivity contribution in [2.24, 2.45) is 0 Å². The van der Waals surface area contributed by atoms with Crippen molar-refractivity contribution in [1.29, 1.82) is 0 Å². The molecule has 1 aromatic heterocycles. The average molecular weight is 495 g/mol. The second-order valence-corrected chi connectivity index (χ2v) is 10.0. The third-order valence-corrected chi connectivity index (χ3v) is 7.60. The first-order chi connectivity index (χ1) is 17.1. The summed E-state index contributed by atoms with van der Waals surface area (Å²) in [7, 11) is 0. The summed E-state index contributed by atoms with van der Waals surface area (Å²) in [5.41, 5.74) is 3.52. The average Bonchev–Trinajstić information content (AvgIpc) is 3.29. The van der Waals surface area contributed by atoms with Crippen molar-refractivity contribution in [2.45, 2.75) is 52.0 Å². The molecule has 0 radical (unpaired) electrons. The molecule has 35 heavy (non-hydrogen) atoms. The van der Waals surface area contributed by atoms with Crippen LogP contribution in [0.5, 0.6) is 0 Å². The Morgan fingerprint density at radius 2 is 1.69 bits per heavy atom. The zero-order chi connectivity index (χ0) is 24.6. The van der Waals surface area contributed by atoms with Gasteiger partial charge in [-0.15, -0.1) is 0 Å². The molecule has 1 fully saturated rings. The zero-order valence-electron chi connectivity index (χ0n) is 21.2. The molecule has 1 saturated heterocycles. The molecule has 6 heteroatoms. The van der Waals surface area contributed by atoms with E-state index in [9.17, 15) is 4.79 Å². The van der Waals surface area contributed by atoms with Crippen molar-refractivity contribution in [1.82, 2.24) is 14.8 Å². The number of amides is 1. The van der Waals surface area contributed by atoms with E-state index in [0.29, 0.717) is 6.42 Å². The van der Waals surface area contributed by atoms with Crippen LogP contribution < -0.4 is 4.90 Å². The molecule has 1 N–H and O–H groups in total. The highest BCUT2D eigenvalue weighted by Crippen LogP contribution is 2.24. The standard InChI is InChI=1S/C29H39ClN4O/c1-3-25(4-2)34(26-10-6-5-7-11-26)29(35)14-16-33-19-17-32(18-20-33)15-8-9-23-22-31-28-13-12-24(30)21-27(23)28/h5-7,10-13,21-22,25,31H,3-4,8-9,14-20H2,1-2H3. The molecule has 0 atom stereocenters. The van der Waals surface area contributed by atoms with Crippen molar-refractivity contribution in [3.8, 4) is 0 Å². The molecule has 5 nitrogen and oxygen atoms in total. The van der Waals surface area contributed by atoms with Gasteiger partial charge in [-0.3, -0.25) is 4.79 Å². The van der Waals surface area contributed by atoms with Crippen molar-refractivity contribution in [3.63, 3.8) is 0 Å². The number of aromatic amines is 1. The number of para-hydroxylation sites is 1. The van der Waals surface area contributed by atoms with E-state index in [0.717, 1.165) is 81.2 Å². The largest absolute Gasteiger partial charge is 0.361 e. The molecule has 1 aliphatic heterocycles. The molecule has 0 spiro atoms. The Kier molecular flexibility index (Phi) is 9.25. The van der Waals surface area contributed by atoms with Gasteiger partial charge in [-0.2, -0.15) is 0 Å². The van der Waals surface area contributed by atoms with E-state index in [1.165, 1.54) is 10.9 Å².